The van der Waals surface area contributed by atoms with E-state index < -0.39 is 0 Å². The third-order valence-corrected chi connectivity index (χ3v) is 6.32. The number of nitrogens with zero attached hydrogens (tertiary/aromatic N) is 1. The van der Waals surface area contributed by atoms with Crippen LogP contribution in [0.25, 0.3) is 0 Å². The van der Waals surface area contributed by atoms with Crippen molar-refractivity contribution in [3.8, 4) is 11.5 Å². The quantitative estimate of drug-likeness (QED) is 0.557. The van der Waals surface area contributed by atoms with Crippen molar-refractivity contribution in [3.05, 3.63) is 59.7 Å². The largest absolute Gasteiger partial charge is 0.493 e. The van der Waals surface area contributed by atoms with Crippen molar-refractivity contribution in [1.29, 1.82) is 0 Å². The fourth-order valence-electron chi connectivity index (χ4n) is 3.81. The van der Waals surface area contributed by atoms with Crippen molar-refractivity contribution < 1.29 is 23.8 Å². The average Bonchev–Trinajstić information content (AvgIpc) is 3.19. The molecule has 2 aromatic rings. The Hall–Kier alpha value is -2.51. The number of ketones is 1. The van der Waals surface area contributed by atoms with Gasteiger partial charge in [-0.1, -0.05) is 30.3 Å². The van der Waals surface area contributed by atoms with Crippen LogP contribution >= 0.6 is 11.8 Å². The molecular weight excluding hydrogens is 414 g/mol. The molecule has 0 bridgehead atoms. The van der Waals surface area contributed by atoms with Crippen LogP contribution in [0.3, 0.4) is 0 Å². The number of benzene rings is 2. The van der Waals surface area contributed by atoms with Crippen molar-refractivity contribution in [2.45, 2.75) is 18.9 Å². The number of para-hydroxylation sites is 1. The van der Waals surface area contributed by atoms with Gasteiger partial charge in [-0.25, -0.2) is 0 Å². The maximum Gasteiger partial charge on any atom is 0.232 e. The van der Waals surface area contributed by atoms with Gasteiger partial charge in [-0.2, -0.15) is 0 Å². The molecular formula is C24H27NO5S. The lowest BCUT2D eigenvalue weighted by Gasteiger charge is -2.33. The maximum atomic E-state index is 12.6. The van der Waals surface area contributed by atoms with Crippen molar-refractivity contribution in [2.75, 3.05) is 44.4 Å². The van der Waals surface area contributed by atoms with Crippen molar-refractivity contribution >= 4 is 23.5 Å². The van der Waals surface area contributed by atoms with Crippen LogP contribution in [0, 0.1) is 0 Å². The summed E-state index contributed by atoms with van der Waals surface area (Å²) < 4.78 is 17.4. The van der Waals surface area contributed by atoms with Gasteiger partial charge in [-0.05, 0) is 24.6 Å². The van der Waals surface area contributed by atoms with E-state index >= 15 is 0 Å². The second-order valence-electron chi connectivity index (χ2n) is 7.56. The number of thioether (sulfide) groups is 1. The van der Waals surface area contributed by atoms with Crippen molar-refractivity contribution in [1.82, 2.24) is 4.90 Å². The van der Waals surface area contributed by atoms with Crippen LogP contribution in [0.4, 0.5) is 0 Å². The zero-order chi connectivity index (χ0) is 21.5. The van der Waals surface area contributed by atoms with Crippen LogP contribution in [0.15, 0.2) is 48.5 Å². The lowest BCUT2D eigenvalue weighted by atomic mass is 10.1. The zero-order valence-corrected chi connectivity index (χ0v) is 18.3. The van der Waals surface area contributed by atoms with Crippen molar-refractivity contribution in [3.63, 3.8) is 0 Å². The van der Waals surface area contributed by atoms with E-state index in [0.717, 1.165) is 34.8 Å². The second-order valence-corrected chi connectivity index (χ2v) is 8.67. The number of Topliss-reactive ketones (excluding diaryl/α,β-unsaturated/α-hetero) is 1. The van der Waals surface area contributed by atoms with E-state index in [-0.39, 0.29) is 17.8 Å². The van der Waals surface area contributed by atoms with E-state index in [1.54, 1.807) is 11.8 Å². The first-order chi connectivity index (χ1) is 15.2. The normalized spacial score (nSPS) is 18.0. The summed E-state index contributed by atoms with van der Waals surface area (Å²) in [5, 5.41) is 0. The third-order valence-electron chi connectivity index (χ3n) is 5.42. The topological polar surface area (TPSA) is 65.1 Å². The molecule has 4 rings (SSSR count). The minimum Gasteiger partial charge on any atom is -0.493 e. The van der Waals surface area contributed by atoms with Gasteiger partial charge < -0.3 is 19.1 Å². The number of ether oxygens (including phenoxy) is 3. The predicted octanol–water partition coefficient (Wildman–Crippen LogP) is 3.23. The van der Waals surface area contributed by atoms with Gasteiger partial charge in [0.25, 0.3) is 0 Å². The van der Waals surface area contributed by atoms with E-state index in [9.17, 15) is 9.59 Å². The first-order valence-electron chi connectivity index (χ1n) is 10.6. The molecule has 164 valence electrons. The lowest BCUT2D eigenvalue weighted by molar-refractivity contribution is -0.137. The molecule has 1 aliphatic heterocycles. The smallest absolute Gasteiger partial charge is 0.232 e. The number of morpholine rings is 1. The van der Waals surface area contributed by atoms with Crippen molar-refractivity contribution in [2.24, 2.45) is 0 Å². The number of amides is 1. The number of hydrogen-bond acceptors (Lipinski definition) is 6. The van der Waals surface area contributed by atoms with Gasteiger partial charge in [-0.15, -0.1) is 11.8 Å². The van der Waals surface area contributed by atoms with Crippen LogP contribution in [-0.4, -0.2) is 67.1 Å². The van der Waals surface area contributed by atoms with E-state index in [1.807, 2.05) is 53.4 Å². The van der Waals surface area contributed by atoms with E-state index in [4.69, 9.17) is 14.2 Å². The summed E-state index contributed by atoms with van der Waals surface area (Å²) in [5.74, 6) is 3.08. The van der Waals surface area contributed by atoms with Crippen LogP contribution in [0.1, 0.15) is 22.3 Å². The Morgan fingerprint density at radius 1 is 1.10 bits per heavy atom. The minimum absolute atomic E-state index is 0.115. The van der Waals surface area contributed by atoms with E-state index in [0.29, 0.717) is 45.1 Å². The first kappa shape index (κ1) is 21.7. The highest BCUT2D eigenvalue weighted by atomic mass is 32.2. The molecule has 1 atom stereocenters. The average molecular weight is 442 g/mol. The molecule has 0 radical (unpaired) electrons. The van der Waals surface area contributed by atoms with Crippen LogP contribution in [0.2, 0.25) is 0 Å². The summed E-state index contributed by atoms with van der Waals surface area (Å²) in [4.78, 5) is 26.3. The van der Waals surface area contributed by atoms with Gasteiger partial charge in [0.15, 0.2) is 5.78 Å². The Balaban J connectivity index is 1.18. The summed E-state index contributed by atoms with van der Waals surface area (Å²) in [6.07, 6.45) is 1.11. The van der Waals surface area contributed by atoms with Gasteiger partial charge >= 0.3 is 0 Å². The molecule has 6 nitrogen and oxygen atoms in total. The minimum atomic E-state index is -0.169. The van der Waals surface area contributed by atoms with Crippen LogP contribution in [0.5, 0.6) is 11.5 Å². The standard InChI is InChI=1S/C24H27NO5S/c26-22-10-9-21-20(22)7-4-8-23(21)30-16-19-15-25(11-12-28-19)24(27)17-31-14-13-29-18-5-2-1-3-6-18/h1-8,19H,9-17H2. The molecule has 1 heterocycles. The summed E-state index contributed by atoms with van der Waals surface area (Å²) in [6.45, 7) is 2.57. The molecule has 1 fully saturated rings. The highest BCUT2D eigenvalue weighted by Gasteiger charge is 2.26. The monoisotopic (exact) mass is 441 g/mol. The molecule has 1 saturated heterocycles. The molecule has 0 aromatic heterocycles. The van der Waals surface area contributed by atoms with Crippen LogP contribution < -0.4 is 9.47 Å². The molecule has 0 N–H and O–H groups in total. The Kier molecular flexibility index (Phi) is 7.48. The molecule has 1 aliphatic carbocycles. The fraction of sp³-hybridized carbons (Fsp3) is 0.417. The van der Waals surface area contributed by atoms with Gasteiger partial charge in [-0.3, -0.25) is 9.59 Å². The Bertz CT molecular complexity index is 904. The summed E-state index contributed by atoms with van der Waals surface area (Å²) >= 11 is 1.58. The molecule has 0 saturated carbocycles. The number of hydrogen-bond donors (Lipinski definition) is 0. The number of carbonyl (C=O) groups is 2. The van der Waals surface area contributed by atoms with Crippen LogP contribution in [-0.2, 0) is 16.0 Å². The number of rotatable bonds is 9. The van der Waals surface area contributed by atoms with Gasteiger partial charge in [0.1, 0.15) is 24.2 Å². The lowest BCUT2D eigenvalue weighted by Crippen LogP contribution is -2.48. The molecule has 31 heavy (non-hydrogen) atoms. The molecule has 7 heteroatoms. The second kappa shape index (κ2) is 10.7. The summed E-state index contributed by atoms with van der Waals surface area (Å²) in [7, 11) is 0. The van der Waals surface area contributed by atoms with Gasteiger partial charge in [0, 0.05) is 29.8 Å². The van der Waals surface area contributed by atoms with Gasteiger partial charge in [0.2, 0.25) is 5.91 Å². The molecule has 0 spiro atoms. The highest BCUT2D eigenvalue weighted by Crippen LogP contribution is 2.30. The highest BCUT2D eigenvalue weighted by molar-refractivity contribution is 7.99. The summed E-state index contributed by atoms with van der Waals surface area (Å²) in [6, 6.07) is 15.3. The molecule has 2 aromatic carbocycles. The Morgan fingerprint density at radius 2 is 1.97 bits per heavy atom. The molecule has 1 amide bonds. The predicted molar refractivity (Wildman–Crippen MR) is 120 cm³/mol. The van der Waals surface area contributed by atoms with E-state index in [2.05, 4.69) is 0 Å². The van der Waals surface area contributed by atoms with E-state index in [1.165, 1.54) is 0 Å². The first-order valence-corrected chi connectivity index (χ1v) is 11.8. The Labute approximate surface area is 186 Å². The number of fused-ring (bicyclic) bond motifs is 1. The number of carbonyl (C=O) groups excluding carboxylic acids is 2. The maximum absolute atomic E-state index is 12.6. The molecule has 2 aliphatic rings. The zero-order valence-electron chi connectivity index (χ0n) is 17.5. The third kappa shape index (κ3) is 5.80. The summed E-state index contributed by atoms with van der Waals surface area (Å²) in [5.41, 5.74) is 1.76. The Morgan fingerprint density at radius 3 is 2.84 bits per heavy atom. The van der Waals surface area contributed by atoms with Gasteiger partial charge in [0.05, 0.1) is 25.5 Å². The SMILES string of the molecule is O=C1CCc2c(OCC3CN(C(=O)CSCCOc4ccccc4)CCO3)cccc21. The fourth-order valence-corrected chi connectivity index (χ4v) is 4.51. The molecule has 1 unspecified atom stereocenters.